The molecule has 1 unspecified atom stereocenters. The number of ether oxygens (including phenoxy) is 1. The average molecular weight is 440 g/mol. The molecule has 6 nitrogen and oxygen atoms in total. The third-order valence-electron chi connectivity index (χ3n) is 5.94. The number of carbonyl (C=O) groups is 2. The van der Waals surface area contributed by atoms with E-state index in [1.807, 2.05) is 42.5 Å². The summed E-state index contributed by atoms with van der Waals surface area (Å²) in [6.07, 6.45) is 2.63. The molecule has 0 aliphatic carbocycles. The summed E-state index contributed by atoms with van der Waals surface area (Å²) >= 11 is 1.56. The fraction of sp³-hybridized carbons (Fsp3) is 0.417. The molecule has 0 spiro atoms. The zero-order valence-electron chi connectivity index (χ0n) is 17.9. The summed E-state index contributed by atoms with van der Waals surface area (Å²) in [5.74, 6) is 1.29. The van der Waals surface area contributed by atoms with Crippen LogP contribution in [0.3, 0.4) is 0 Å². The van der Waals surface area contributed by atoms with Gasteiger partial charge in [-0.15, -0.1) is 11.8 Å². The number of rotatable bonds is 8. The number of amides is 2. The molecule has 0 saturated carbocycles. The Kier molecular flexibility index (Phi) is 7.14. The summed E-state index contributed by atoms with van der Waals surface area (Å²) in [5, 5.41) is 3.11. The number of hydrogen-bond acceptors (Lipinski definition) is 5. The maximum atomic E-state index is 12.7. The first-order chi connectivity index (χ1) is 15.2. The number of nitrogens with zero attached hydrogens (tertiary/aromatic N) is 2. The Morgan fingerprint density at radius 1 is 1.13 bits per heavy atom. The van der Waals surface area contributed by atoms with Crippen molar-refractivity contribution in [3.63, 3.8) is 0 Å². The van der Waals surface area contributed by atoms with Gasteiger partial charge in [0.1, 0.15) is 5.75 Å². The van der Waals surface area contributed by atoms with Crippen LogP contribution in [-0.2, 0) is 9.59 Å². The number of nitrogens with one attached hydrogen (secondary N) is 1. The molecular formula is C24H29N3O3S. The van der Waals surface area contributed by atoms with E-state index in [0.29, 0.717) is 18.8 Å². The van der Waals surface area contributed by atoms with E-state index in [0.717, 1.165) is 35.0 Å². The highest BCUT2D eigenvalue weighted by Crippen LogP contribution is 2.35. The van der Waals surface area contributed by atoms with Crippen molar-refractivity contribution in [2.75, 3.05) is 43.9 Å². The molecule has 1 fully saturated rings. The Balaban J connectivity index is 1.39. The number of likely N-dealkylation sites (tertiary alicyclic amines) is 1. The second-order valence-corrected chi connectivity index (χ2v) is 8.87. The zero-order chi connectivity index (χ0) is 21.6. The number of thioether (sulfide) groups is 1. The van der Waals surface area contributed by atoms with E-state index in [-0.39, 0.29) is 24.3 Å². The number of carbonyl (C=O) groups excluding carboxylic acids is 2. The number of fused-ring (bicyclic) bond motifs is 1. The quantitative estimate of drug-likeness (QED) is 0.682. The molecule has 7 heteroatoms. The van der Waals surface area contributed by atoms with Crippen LogP contribution in [0.1, 0.15) is 30.9 Å². The fourth-order valence-corrected chi connectivity index (χ4v) is 5.28. The Hall–Kier alpha value is -2.51. The number of benzene rings is 2. The lowest BCUT2D eigenvalue weighted by atomic mass is 10.0. The van der Waals surface area contributed by atoms with Gasteiger partial charge >= 0.3 is 0 Å². The van der Waals surface area contributed by atoms with E-state index in [4.69, 9.17) is 4.74 Å². The molecule has 0 aromatic heterocycles. The van der Waals surface area contributed by atoms with Crippen molar-refractivity contribution in [2.45, 2.75) is 30.2 Å². The summed E-state index contributed by atoms with van der Waals surface area (Å²) in [7, 11) is 1.68. The summed E-state index contributed by atoms with van der Waals surface area (Å²) < 4.78 is 5.58. The number of para-hydroxylation sites is 2. The van der Waals surface area contributed by atoms with Gasteiger partial charge in [0.2, 0.25) is 11.8 Å². The minimum absolute atomic E-state index is 0.0393. The first-order valence-electron chi connectivity index (χ1n) is 10.8. The van der Waals surface area contributed by atoms with Gasteiger partial charge in [-0.1, -0.05) is 30.3 Å². The highest BCUT2D eigenvalue weighted by molar-refractivity contribution is 8.00. The van der Waals surface area contributed by atoms with Crippen molar-refractivity contribution in [1.29, 1.82) is 0 Å². The van der Waals surface area contributed by atoms with Gasteiger partial charge in [0, 0.05) is 30.0 Å². The molecule has 31 heavy (non-hydrogen) atoms. The molecule has 2 aromatic carbocycles. The van der Waals surface area contributed by atoms with Gasteiger partial charge < -0.3 is 15.0 Å². The van der Waals surface area contributed by atoms with Gasteiger partial charge in [-0.2, -0.15) is 0 Å². The Morgan fingerprint density at radius 2 is 1.87 bits per heavy atom. The van der Waals surface area contributed by atoms with Crippen LogP contribution in [-0.4, -0.2) is 55.8 Å². The van der Waals surface area contributed by atoms with Gasteiger partial charge in [0.15, 0.2) is 0 Å². The van der Waals surface area contributed by atoms with Gasteiger partial charge in [-0.25, -0.2) is 0 Å². The predicted octanol–water partition coefficient (Wildman–Crippen LogP) is 3.48. The molecule has 1 atom stereocenters. The summed E-state index contributed by atoms with van der Waals surface area (Å²) in [6.45, 7) is 2.97. The van der Waals surface area contributed by atoms with E-state index >= 15 is 0 Å². The first-order valence-corrected chi connectivity index (χ1v) is 11.8. The van der Waals surface area contributed by atoms with Crippen LogP contribution in [0.2, 0.25) is 0 Å². The lowest BCUT2D eigenvalue weighted by Gasteiger charge is -2.30. The molecule has 0 bridgehead atoms. The first kappa shape index (κ1) is 21.7. The molecule has 1 N–H and O–H groups in total. The van der Waals surface area contributed by atoms with E-state index in [1.165, 1.54) is 12.8 Å². The van der Waals surface area contributed by atoms with Gasteiger partial charge in [0.25, 0.3) is 0 Å². The van der Waals surface area contributed by atoms with Crippen molar-refractivity contribution in [3.05, 3.63) is 54.1 Å². The lowest BCUT2D eigenvalue weighted by molar-refractivity contribution is -0.121. The van der Waals surface area contributed by atoms with Crippen LogP contribution in [0.15, 0.2) is 53.4 Å². The van der Waals surface area contributed by atoms with Crippen LogP contribution in [0.25, 0.3) is 0 Å². The molecule has 2 aliphatic heterocycles. The number of anilines is 1. The molecule has 2 heterocycles. The Labute approximate surface area is 187 Å². The third-order valence-corrected chi connectivity index (χ3v) is 6.99. The second kappa shape index (κ2) is 10.2. The number of methoxy groups -OCH3 is 1. The van der Waals surface area contributed by atoms with E-state index in [1.54, 1.807) is 23.8 Å². The second-order valence-electron chi connectivity index (χ2n) is 7.86. The number of hydrogen-bond donors (Lipinski definition) is 1. The molecule has 1 saturated heterocycles. The minimum Gasteiger partial charge on any atom is -0.496 e. The van der Waals surface area contributed by atoms with Gasteiger partial charge in [-0.3, -0.25) is 14.5 Å². The summed E-state index contributed by atoms with van der Waals surface area (Å²) in [5.41, 5.74) is 2.00. The molecule has 0 radical (unpaired) electrons. The van der Waals surface area contributed by atoms with Gasteiger partial charge in [-0.05, 0) is 44.1 Å². The monoisotopic (exact) mass is 439 g/mol. The maximum absolute atomic E-state index is 12.7. The smallest absolute Gasteiger partial charge is 0.237 e. The highest BCUT2D eigenvalue weighted by atomic mass is 32.2. The predicted molar refractivity (Wildman–Crippen MR) is 124 cm³/mol. The Bertz CT molecular complexity index is 930. The van der Waals surface area contributed by atoms with Crippen LogP contribution in [0.4, 0.5) is 5.69 Å². The Morgan fingerprint density at radius 3 is 2.68 bits per heavy atom. The van der Waals surface area contributed by atoms with Crippen molar-refractivity contribution in [1.82, 2.24) is 10.2 Å². The maximum Gasteiger partial charge on any atom is 0.237 e. The average Bonchev–Trinajstić information content (AvgIpc) is 3.33. The van der Waals surface area contributed by atoms with Crippen molar-refractivity contribution >= 4 is 29.3 Å². The van der Waals surface area contributed by atoms with Crippen LogP contribution < -0.4 is 15.0 Å². The van der Waals surface area contributed by atoms with E-state index in [9.17, 15) is 9.59 Å². The van der Waals surface area contributed by atoms with Crippen LogP contribution >= 0.6 is 11.8 Å². The van der Waals surface area contributed by atoms with Crippen molar-refractivity contribution < 1.29 is 14.3 Å². The van der Waals surface area contributed by atoms with Gasteiger partial charge in [0.05, 0.1) is 24.6 Å². The van der Waals surface area contributed by atoms with Crippen molar-refractivity contribution in [3.8, 4) is 5.75 Å². The van der Waals surface area contributed by atoms with Crippen LogP contribution in [0, 0.1) is 0 Å². The zero-order valence-corrected chi connectivity index (χ0v) is 18.7. The lowest BCUT2D eigenvalue weighted by Crippen LogP contribution is -2.40. The SMILES string of the molecule is COc1ccccc1C(CNC(=O)CCN1C(=O)CSc2ccccc21)N1CCCC1. The van der Waals surface area contributed by atoms with E-state index < -0.39 is 0 Å². The normalized spacial score (nSPS) is 17.3. The highest BCUT2D eigenvalue weighted by Gasteiger charge is 2.27. The standard InChI is InChI=1S/C24H29N3O3S/c1-30-21-10-4-2-8-18(21)20(26-13-6-7-14-26)16-25-23(28)12-15-27-19-9-3-5-11-22(19)31-17-24(27)29/h2-5,8-11,20H,6-7,12-17H2,1H3,(H,25,28). The molecule has 2 aromatic rings. The molecule has 4 rings (SSSR count). The molecule has 2 amide bonds. The van der Waals surface area contributed by atoms with Crippen LogP contribution in [0.5, 0.6) is 5.75 Å². The molecule has 2 aliphatic rings. The third kappa shape index (κ3) is 5.05. The fourth-order valence-electron chi connectivity index (χ4n) is 4.34. The summed E-state index contributed by atoms with van der Waals surface area (Å²) in [6, 6.07) is 16.0. The van der Waals surface area contributed by atoms with E-state index in [2.05, 4.69) is 16.3 Å². The summed E-state index contributed by atoms with van der Waals surface area (Å²) in [4.78, 5) is 30.4. The topological polar surface area (TPSA) is 61.9 Å². The minimum atomic E-state index is -0.0393. The largest absolute Gasteiger partial charge is 0.496 e. The molecular weight excluding hydrogens is 410 g/mol. The van der Waals surface area contributed by atoms with Crippen molar-refractivity contribution in [2.24, 2.45) is 0 Å². The molecule has 164 valence electrons.